The molecule has 3 heteroatoms. The van der Waals surface area contributed by atoms with Crippen molar-refractivity contribution >= 4 is 0 Å². The van der Waals surface area contributed by atoms with Crippen molar-refractivity contribution in [3.05, 3.63) is 0 Å². The van der Waals surface area contributed by atoms with E-state index < -0.39 is 0 Å². The average molecular weight is 226 g/mol. The molecule has 2 rings (SSSR count). The Bertz CT molecular complexity index is 194. The fourth-order valence-electron chi connectivity index (χ4n) is 3.00. The van der Waals surface area contributed by atoms with Crippen molar-refractivity contribution in [1.82, 2.24) is 4.90 Å². The van der Waals surface area contributed by atoms with Gasteiger partial charge in [0, 0.05) is 19.8 Å². The second-order valence-electron chi connectivity index (χ2n) is 5.51. The van der Waals surface area contributed by atoms with Crippen LogP contribution in [0, 0.1) is 5.41 Å². The Hall–Kier alpha value is -0.120. The molecule has 16 heavy (non-hydrogen) atoms. The zero-order valence-corrected chi connectivity index (χ0v) is 10.4. The topological polar surface area (TPSA) is 38.5 Å². The Morgan fingerprint density at radius 2 is 1.62 bits per heavy atom. The Labute approximate surface area is 99.3 Å². The Balaban J connectivity index is 1.88. The summed E-state index contributed by atoms with van der Waals surface area (Å²) in [4.78, 5) is 2.64. The van der Waals surface area contributed by atoms with Crippen LogP contribution in [0.4, 0.5) is 0 Å². The van der Waals surface area contributed by atoms with Crippen LogP contribution in [0.2, 0.25) is 0 Å². The van der Waals surface area contributed by atoms with Crippen LogP contribution < -0.4 is 5.73 Å². The molecule has 0 amide bonds. The minimum absolute atomic E-state index is 0.350. The first kappa shape index (κ1) is 12.3. The Morgan fingerprint density at radius 1 is 1.00 bits per heavy atom. The molecule has 0 aliphatic carbocycles. The zero-order valence-electron chi connectivity index (χ0n) is 10.4. The Kier molecular flexibility index (Phi) is 4.62. The van der Waals surface area contributed by atoms with Crippen LogP contribution in [0.25, 0.3) is 0 Å². The molecule has 94 valence electrons. The molecule has 3 nitrogen and oxygen atoms in total. The number of likely N-dealkylation sites (tertiary alicyclic amines) is 1. The van der Waals surface area contributed by atoms with Gasteiger partial charge in [-0.15, -0.1) is 0 Å². The molecule has 2 fully saturated rings. The highest BCUT2D eigenvalue weighted by Gasteiger charge is 2.33. The quantitative estimate of drug-likeness (QED) is 0.794. The molecular formula is C13H26N2O. The molecule has 0 saturated carbocycles. The van der Waals surface area contributed by atoms with Crippen LogP contribution in [-0.4, -0.2) is 44.3 Å². The van der Waals surface area contributed by atoms with E-state index in [-0.39, 0.29) is 0 Å². The first-order valence-electron chi connectivity index (χ1n) is 6.85. The smallest absolute Gasteiger partial charge is 0.0472 e. The zero-order chi connectivity index (χ0) is 11.3. The highest BCUT2D eigenvalue weighted by Crippen LogP contribution is 2.31. The van der Waals surface area contributed by atoms with Gasteiger partial charge in [-0.2, -0.15) is 0 Å². The summed E-state index contributed by atoms with van der Waals surface area (Å²) in [5.41, 5.74) is 6.36. The monoisotopic (exact) mass is 226 g/mol. The SMILES string of the molecule is NCC1(CN2CCCCCC2)CCOCC1. The van der Waals surface area contributed by atoms with Gasteiger partial charge < -0.3 is 15.4 Å². The molecule has 2 aliphatic rings. The van der Waals surface area contributed by atoms with E-state index in [0.717, 1.165) is 32.6 Å². The molecule has 2 heterocycles. The third-order valence-electron chi connectivity index (χ3n) is 4.24. The van der Waals surface area contributed by atoms with Gasteiger partial charge in [0.15, 0.2) is 0 Å². The summed E-state index contributed by atoms with van der Waals surface area (Å²) in [6.45, 7) is 6.40. The van der Waals surface area contributed by atoms with E-state index in [2.05, 4.69) is 4.90 Å². The molecule has 0 atom stereocenters. The first-order valence-corrected chi connectivity index (χ1v) is 6.85. The lowest BCUT2D eigenvalue weighted by Gasteiger charge is -2.40. The van der Waals surface area contributed by atoms with E-state index in [1.807, 2.05) is 0 Å². The molecule has 0 bridgehead atoms. The minimum atomic E-state index is 0.350. The molecule has 0 aromatic heterocycles. The van der Waals surface area contributed by atoms with Crippen molar-refractivity contribution in [2.45, 2.75) is 38.5 Å². The average Bonchev–Trinajstić information content (AvgIpc) is 2.59. The standard InChI is InChI=1S/C13H26N2O/c14-11-13(5-9-16-10-6-13)12-15-7-3-1-2-4-8-15/h1-12,14H2. The molecule has 2 aliphatic heterocycles. The van der Waals surface area contributed by atoms with E-state index >= 15 is 0 Å². The first-order chi connectivity index (χ1) is 7.85. The lowest BCUT2D eigenvalue weighted by atomic mass is 9.79. The maximum Gasteiger partial charge on any atom is 0.0472 e. The van der Waals surface area contributed by atoms with Crippen LogP contribution in [0.3, 0.4) is 0 Å². The summed E-state index contributed by atoms with van der Waals surface area (Å²) in [6.07, 6.45) is 7.87. The van der Waals surface area contributed by atoms with Gasteiger partial charge in [0.1, 0.15) is 0 Å². The van der Waals surface area contributed by atoms with E-state index in [9.17, 15) is 0 Å². The van der Waals surface area contributed by atoms with Gasteiger partial charge in [0.05, 0.1) is 0 Å². The largest absolute Gasteiger partial charge is 0.381 e. The predicted molar refractivity (Wildman–Crippen MR) is 66.4 cm³/mol. The van der Waals surface area contributed by atoms with Crippen molar-refractivity contribution in [2.75, 3.05) is 39.4 Å². The van der Waals surface area contributed by atoms with E-state index in [0.29, 0.717) is 5.41 Å². The number of rotatable bonds is 3. The summed E-state index contributed by atoms with van der Waals surface area (Å²) in [7, 11) is 0. The van der Waals surface area contributed by atoms with Crippen molar-refractivity contribution in [2.24, 2.45) is 11.1 Å². The van der Waals surface area contributed by atoms with Crippen LogP contribution in [-0.2, 0) is 4.74 Å². The summed E-state index contributed by atoms with van der Waals surface area (Å²) >= 11 is 0. The van der Waals surface area contributed by atoms with E-state index in [1.54, 1.807) is 0 Å². The maximum absolute atomic E-state index is 6.01. The van der Waals surface area contributed by atoms with Gasteiger partial charge >= 0.3 is 0 Å². The maximum atomic E-state index is 6.01. The number of nitrogens with two attached hydrogens (primary N) is 1. The third kappa shape index (κ3) is 3.19. The van der Waals surface area contributed by atoms with Gasteiger partial charge in [-0.3, -0.25) is 0 Å². The van der Waals surface area contributed by atoms with Gasteiger partial charge in [-0.25, -0.2) is 0 Å². The normalized spacial score (nSPS) is 27.6. The number of hydrogen-bond acceptors (Lipinski definition) is 3. The summed E-state index contributed by atoms with van der Waals surface area (Å²) in [5.74, 6) is 0. The third-order valence-corrected chi connectivity index (χ3v) is 4.24. The molecule has 0 radical (unpaired) electrons. The summed E-state index contributed by atoms with van der Waals surface area (Å²) in [5, 5.41) is 0. The fourth-order valence-corrected chi connectivity index (χ4v) is 3.00. The number of hydrogen-bond donors (Lipinski definition) is 1. The predicted octanol–water partition coefficient (Wildman–Crippen LogP) is 1.62. The minimum Gasteiger partial charge on any atom is -0.381 e. The molecular weight excluding hydrogens is 200 g/mol. The van der Waals surface area contributed by atoms with Gasteiger partial charge in [0.25, 0.3) is 0 Å². The van der Waals surface area contributed by atoms with Gasteiger partial charge in [0.2, 0.25) is 0 Å². The number of nitrogens with zero attached hydrogens (tertiary/aromatic N) is 1. The van der Waals surface area contributed by atoms with Crippen LogP contribution in [0.15, 0.2) is 0 Å². The van der Waals surface area contributed by atoms with Crippen molar-refractivity contribution < 1.29 is 4.74 Å². The molecule has 0 aromatic carbocycles. The fraction of sp³-hybridized carbons (Fsp3) is 1.00. The second kappa shape index (κ2) is 5.99. The Morgan fingerprint density at radius 3 is 2.19 bits per heavy atom. The summed E-state index contributed by atoms with van der Waals surface area (Å²) < 4.78 is 5.47. The van der Waals surface area contributed by atoms with Crippen molar-refractivity contribution in [3.8, 4) is 0 Å². The number of ether oxygens (including phenoxy) is 1. The highest BCUT2D eigenvalue weighted by molar-refractivity contribution is 4.86. The van der Waals surface area contributed by atoms with Gasteiger partial charge in [-0.1, -0.05) is 12.8 Å². The second-order valence-corrected chi connectivity index (χ2v) is 5.51. The molecule has 2 saturated heterocycles. The molecule has 0 aromatic rings. The molecule has 2 N–H and O–H groups in total. The van der Waals surface area contributed by atoms with Crippen LogP contribution in [0.1, 0.15) is 38.5 Å². The van der Waals surface area contributed by atoms with Crippen LogP contribution in [0.5, 0.6) is 0 Å². The highest BCUT2D eigenvalue weighted by atomic mass is 16.5. The lowest BCUT2D eigenvalue weighted by molar-refractivity contribution is 0.000383. The van der Waals surface area contributed by atoms with E-state index in [1.165, 1.54) is 45.3 Å². The van der Waals surface area contributed by atoms with Crippen molar-refractivity contribution in [3.63, 3.8) is 0 Å². The van der Waals surface area contributed by atoms with Crippen molar-refractivity contribution in [1.29, 1.82) is 0 Å². The van der Waals surface area contributed by atoms with Crippen LogP contribution >= 0.6 is 0 Å². The lowest BCUT2D eigenvalue weighted by Crippen LogP contribution is -2.46. The summed E-state index contributed by atoms with van der Waals surface area (Å²) in [6, 6.07) is 0. The molecule has 0 spiro atoms. The van der Waals surface area contributed by atoms with E-state index in [4.69, 9.17) is 10.5 Å². The molecule has 0 unspecified atom stereocenters. The van der Waals surface area contributed by atoms with Gasteiger partial charge in [-0.05, 0) is 50.7 Å².